The molecule has 1 fully saturated rings. The Morgan fingerprint density at radius 2 is 1.76 bits per heavy atom. The number of rotatable bonds is 5. The first-order valence-electron chi connectivity index (χ1n) is 8.84. The van der Waals surface area contributed by atoms with Gasteiger partial charge in [-0.25, -0.2) is 0 Å². The first-order chi connectivity index (χ1) is 12.1. The molecule has 2 heterocycles. The van der Waals surface area contributed by atoms with Crippen LogP contribution in [-0.2, 0) is 0 Å². The molecule has 134 valence electrons. The summed E-state index contributed by atoms with van der Waals surface area (Å²) in [7, 11) is 1.50. The number of ether oxygens (including phenoxy) is 2. The molecule has 0 saturated carbocycles. The summed E-state index contributed by atoms with van der Waals surface area (Å²) >= 11 is 0. The van der Waals surface area contributed by atoms with Crippen LogP contribution in [0.1, 0.15) is 26.7 Å². The minimum absolute atomic E-state index is 0.119. The Balaban J connectivity index is 1.64. The van der Waals surface area contributed by atoms with Crippen LogP contribution in [0.25, 0.3) is 5.69 Å². The Labute approximate surface area is 148 Å². The molecule has 25 heavy (non-hydrogen) atoms. The van der Waals surface area contributed by atoms with Gasteiger partial charge in [-0.15, -0.1) is 0 Å². The average Bonchev–Trinajstić information content (AvgIpc) is 2.63. The second-order valence-corrected chi connectivity index (χ2v) is 6.73. The number of likely N-dealkylation sites (tertiary alicyclic amines) is 1. The number of piperidine rings is 1. The summed E-state index contributed by atoms with van der Waals surface area (Å²) in [5, 5.41) is 0. The maximum Gasteiger partial charge on any atom is 0.223 e. The SMILES string of the molecule is COc1cn(-c2ccc(OC3CCN(C(C)C)CC3)cc2)ccc1=O. The Morgan fingerprint density at radius 3 is 2.36 bits per heavy atom. The summed E-state index contributed by atoms with van der Waals surface area (Å²) in [4.78, 5) is 14.1. The lowest BCUT2D eigenvalue weighted by molar-refractivity contribution is 0.0843. The molecule has 0 unspecified atom stereocenters. The Hall–Kier alpha value is -2.27. The van der Waals surface area contributed by atoms with E-state index >= 15 is 0 Å². The zero-order chi connectivity index (χ0) is 17.8. The highest BCUT2D eigenvalue weighted by molar-refractivity contribution is 5.39. The van der Waals surface area contributed by atoms with Crippen LogP contribution in [0.3, 0.4) is 0 Å². The molecule has 0 N–H and O–H groups in total. The molecule has 1 aromatic heterocycles. The fourth-order valence-corrected chi connectivity index (χ4v) is 3.18. The predicted molar refractivity (Wildman–Crippen MR) is 99.0 cm³/mol. The highest BCUT2D eigenvalue weighted by Crippen LogP contribution is 2.22. The molecule has 5 heteroatoms. The van der Waals surface area contributed by atoms with Crippen LogP contribution >= 0.6 is 0 Å². The molecule has 0 spiro atoms. The van der Waals surface area contributed by atoms with Crippen molar-refractivity contribution in [2.24, 2.45) is 0 Å². The van der Waals surface area contributed by atoms with Crippen molar-refractivity contribution >= 4 is 0 Å². The number of hydrogen-bond acceptors (Lipinski definition) is 4. The summed E-state index contributed by atoms with van der Waals surface area (Å²) in [6.07, 6.45) is 5.85. The van der Waals surface area contributed by atoms with Crippen LogP contribution in [0.5, 0.6) is 11.5 Å². The van der Waals surface area contributed by atoms with Crippen molar-refractivity contribution in [3.8, 4) is 17.2 Å². The summed E-state index contributed by atoms with van der Waals surface area (Å²) in [5.74, 6) is 1.22. The lowest BCUT2D eigenvalue weighted by Gasteiger charge is -2.34. The molecular formula is C20H26N2O3. The van der Waals surface area contributed by atoms with Crippen LogP contribution in [0.15, 0.2) is 47.5 Å². The standard InChI is InChI=1S/C20H26N2O3/c1-15(2)21-11-8-18(9-12-21)25-17-6-4-16(5-7-17)22-13-10-19(23)20(14-22)24-3/h4-7,10,13-15,18H,8-9,11-12H2,1-3H3. The van der Waals surface area contributed by atoms with Crippen molar-refractivity contribution in [1.29, 1.82) is 0 Å². The maximum atomic E-state index is 11.6. The Bertz CT molecular complexity index is 744. The monoisotopic (exact) mass is 342 g/mol. The van der Waals surface area contributed by atoms with Gasteiger partial charge in [-0.1, -0.05) is 0 Å². The van der Waals surface area contributed by atoms with E-state index in [9.17, 15) is 4.79 Å². The van der Waals surface area contributed by atoms with E-state index in [4.69, 9.17) is 9.47 Å². The van der Waals surface area contributed by atoms with Crippen LogP contribution < -0.4 is 14.9 Å². The van der Waals surface area contributed by atoms with Gasteiger partial charge in [-0.3, -0.25) is 4.79 Å². The lowest BCUT2D eigenvalue weighted by atomic mass is 10.1. The molecule has 0 radical (unpaired) electrons. The van der Waals surface area contributed by atoms with E-state index < -0.39 is 0 Å². The normalized spacial score (nSPS) is 16.2. The molecule has 0 aliphatic carbocycles. The van der Waals surface area contributed by atoms with Crippen LogP contribution in [0, 0.1) is 0 Å². The first kappa shape index (κ1) is 17.5. The minimum Gasteiger partial charge on any atom is -0.491 e. The third kappa shape index (κ3) is 4.23. The molecule has 0 bridgehead atoms. The number of hydrogen-bond donors (Lipinski definition) is 0. The van der Waals surface area contributed by atoms with Gasteiger partial charge in [0.1, 0.15) is 11.9 Å². The second kappa shape index (κ2) is 7.74. The molecule has 0 amide bonds. The van der Waals surface area contributed by atoms with Gasteiger partial charge in [0.05, 0.1) is 13.3 Å². The first-order valence-corrected chi connectivity index (χ1v) is 8.84. The van der Waals surface area contributed by atoms with Crippen molar-refractivity contribution < 1.29 is 9.47 Å². The van der Waals surface area contributed by atoms with Gasteiger partial charge in [-0.2, -0.15) is 0 Å². The number of benzene rings is 1. The number of aromatic nitrogens is 1. The molecule has 3 rings (SSSR count). The van der Waals surface area contributed by atoms with E-state index in [0.29, 0.717) is 11.8 Å². The van der Waals surface area contributed by atoms with Crippen molar-refractivity contribution in [2.45, 2.75) is 38.8 Å². The Kier molecular flexibility index (Phi) is 5.43. The number of nitrogens with zero attached hydrogens (tertiary/aromatic N) is 2. The van der Waals surface area contributed by atoms with Crippen molar-refractivity contribution in [3.05, 3.63) is 52.9 Å². The highest BCUT2D eigenvalue weighted by Gasteiger charge is 2.21. The van der Waals surface area contributed by atoms with Crippen LogP contribution in [0.2, 0.25) is 0 Å². The summed E-state index contributed by atoms with van der Waals surface area (Å²) in [5.41, 5.74) is 0.840. The van der Waals surface area contributed by atoms with Crippen LogP contribution in [0.4, 0.5) is 0 Å². The fourth-order valence-electron chi connectivity index (χ4n) is 3.18. The highest BCUT2D eigenvalue weighted by atomic mass is 16.5. The lowest BCUT2D eigenvalue weighted by Crippen LogP contribution is -2.41. The smallest absolute Gasteiger partial charge is 0.223 e. The fraction of sp³-hybridized carbons (Fsp3) is 0.450. The number of methoxy groups -OCH3 is 1. The van der Waals surface area contributed by atoms with Crippen LogP contribution in [-0.4, -0.2) is 41.8 Å². The molecule has 1 aliphatic heterocycles. The second-order valence-electron chi connectivity index (χ2n) is 6.73. The van der Waals surface area contributed by atoms with Crippen molar-refractivity contribution in [2.75, 3.05) is 20.2 Å². The summed E-state index contributed by atoms with van der Waals surface area (Å²) in [6.45, 7) is 6.67. The minimum atomic E-state index is -0.119. The van der Waals surface area contributed by atoms with E-state index in [1.165, 1.54) is 13.2 Å². The molecule has 1 saturated heterocycles. The predicted octanol–water partition coefficient (Wildman–Crippen LogP) is 3.10. The quantitative estimate of drug-likeness (QED) is 0.837. The third-order valence-electron chi connectivity index (χ3n) is 4.75. The van der Waals surface area contributed by atoms with Gasteiger partial charge in [0, 0.05) is 37.1 Å². The summed E-state index contributed by atoms with van der Waals surface area (Å²) in [6, 6.07) is 10.1. The molecular weight excluding hydrogens is 316 g/mol. The average molecular weight is 342 g/mol. The molecule has 0 atom stereocenters. The summed E-state index contributed by atoms with van der Waals surface area (Å²) < 4.78 is 13.1. The van der Waals surface area contributed by atoms with Crippen molar-refractivity contribution in [3.63, 3.8) is 0 Å². The van der Waals surface area contributed by atoms with Gasteiger partial charge in [-0.05, 0) is 51.0 Å². The van der Waals surface area contributed by atoms with E-state index in [0.717, 1.165) is 37.4 Å². The van der Waals surface area contributed by atoms with E-state index in [-0.39, 0.29) is 11.5 Å². The van der Waals surface area contributed by atoms with Gasteiger partial charge in [0.25, 0.3) is 0 Å². The van der Waals surface area contributed by atoms with E-state index in [1.807, 2.05) is 28.8 Å². The molecule has 1 aliphatic rings. The maximum absolute atomic E-state index is 11.6. The van der Waals surface area contributed by atoms with Gasteiger partial charge < -0.3 is 18.9 Å². The van der Waals surface area contributed by atoms with Gasteiger partial charge in [0.15, 0.2) is 5.75 Å². The zero-order valence-electron chi connectivity index (χ0n) is 15.1. The molecule has 5 nitrogen and oxygen atoms in total. The Morgan fingerprint density at radius 1 is 1.08 bits per heavy atom. The molecule has 2 aromatic rings. The van der Waals surface area contributed by atoms with Gasteiger partial charge >= 0.3 is 0 Å². The largest absolute Gasteiger partial charge is 0.491 e. The molecule has 1 aromatic carbocycles. The van der Waals surface area contributed by atoms with E-state index in [2.05, 4.69) is 18.7 Å². The van der Waals surface area contributed by atoms with Crippen molar-refractivity contribution in [1.82, 2.24) is 9.47 Å². The third-order valence-corrected chi connectivity index (χ3v) is 4.75. The number of pyridine rings is 1. The van der Waals surface area contributed by atoms with Gasteiger partial charge in [0.2, 0.25) is 5.43 Å². The topological polar surface area (TPSA) is 43.7 Å². The van der Waals surface area contributed by atoms with E-state index in [1.54, 1.807) is 12.4 Å². The zero-order valence-corrected chi connectivity index (χ0v) is 15.1.